The first-order valence-corrected chi connectivity index (χ1v) is 7.84. The number of hydrogen-bond acceptors (Lipinski definition) is 5. The van der Waals surface area contributed by atoms with Crippen LogP contribution >= 0.6 is 0 Å². The number of fused-ring (bicyclic) bond motifs is 4. The molecule has 25 heavy (non-hydrogen) atoms. The number of aromatic nitrogens is 5. The topological polar surface area (TPSA) is 91.5 Å². The molecule has 0 unspecified atom stereocenters. The summed E-state index contributed by atoms with van der Waals surface area (Å²) in [6.07, 6.45) is 3.67. The van der Waals surface area contributed by atoms with E-state index >= 15 is 0 Å². The monoisotopic (exact) mass is 330 g/mol. The summed E-state index contributed by atoms with van der Waals surface area (Å²) < 4.78 is 5.32. The number of benzene rings is 1. The molecule has 7 heteroatoms. The van der Waals surface area contributed by atoms with Crippen LogP contribution in [0.2, 0.25) is 0 Å². The Morgan fingerprint density at radius 1 is 1.04 bits per heavy atom. The summed E-state index contributed by atoms with van der Waals surface area (Å²) in [7, 11) is 1.65. The Morgan fingerprint density at radius 2 is 2.00 bits per heavy atom. The second kappa shape index (κ2) is 5.20. The predicted molar refractivity (Wildman–Crippen MR) is 97.3 cm³/mol. The number of ether oxygens (including phenoxy) is 1. The number of nitrogens with one attached hydrogen (secondary N) is 3. The summed E-state index contributed by atoms with van der Waals surface area (Å²) >= 11 is 0. The Hall–Kier alpha value is -3.61. The lowest BCUT2D eigenvalue weighted by atomic mass is 10.1. The highest BCUT2D eigenvalue weighted by molar-refractivity contribution is 6.09. The molecule has 0 aliphatic heterocycles. The summed E-state index contributed by atoms with van der Waals surface area (Å²) in [5.74, 6) is 2.19. The average Bonchev–Trinajstić information content (AvgIpc) is 3.30. The standard InChI is InChI=1S/C18H14N6O/c1-25-11-3-4-14-12(8-11)13-9-20-24-16(13)18(21-14)23-15-5-2-10-6-7-19-17(10)22-15/h2-9H,1H3,(H,20,24)(H2,19,21,22,23). The third-order valence-corrected chi connectivity index (χ3v) is 4.26. The lowest BCUT2D eigenvalue weighted by Crippen LogP contribution is -1.98. The molecule has 0 aliphatic rings. The van der Waals surface area contributed by atoms with E-state index in [1.54, 1.807) is 13.3 Å². The molecule has 0 atom stereocenters. The average molecular weight is 330 g/mol. The summed E-state index contributed by atoms with van der Waals surface area (Å²) in [4.78, 5) is 12.4. The van der Waals surface area contributed by atoms with Crippen molar-refractivity contribution in [1.29, 1.82) is 0 Å². The molecule has 0 amide bonds. The van der Waals surface area contributed by atoms with Crippen molar-refractivity contribution in [3.8, 4) is 5.75 Å². The number of H-pyrrole nitrogens is 2. The molecule has 1 aromatic carbocycles. The van der Waals surface area contributed by atoms with E-state index in [-0.39, 0.29) is 0 Å². The summed E-state index contributed by atoms with van der Waals surface area (Å²) in [5, 5.41) is 13.5. The van der Waals surface area contributed by atoms with Crippen LogP contribution in [0.25, 0.3) is 32.8 Å². The molecule has 0 spiro atoms. The van der Waals surface area contributed by atoms with Crippen molar-refractivity contribution in [3.05, 3.63) is 48.8 Å². The number of pyridine rings is 2. The molecule has 4 aromatic heterocycles. The fourth-order valence-corrected chi connectivity index (χ4v) is 3.01. The Bertz CT molecular complexity index is 1220. The van der Waals surface area contributed by atoms with Gasteiger partial charge in [-0.1, -0.05) is 0 Å². The van der Waals surface area contributed by atoms with Crippen LogP contribution < -0.4 is 10.1 Å². The molecule has 0 aliphatic carbocycles. The van der Waals surface area contributed by atoms with Crippen LogP contribution in [0.4, 0.5) is 11.6 Å². The van der Waals surface area contributed by atoms with Crippen LogP contribution in [0.5, 0.6) is 5.75 Å². The van der Waals surface area contributed by atoms with E-state index in [4.69, 9.17) is 9.72 Å². The van der Waals surface area contributed by atoms with Crippen molar-refractivity contribution in [3.63, 3.8) is 0 Å². The maximum absolute atomic E-state index is 5.32. The molecule has 0 radical (unpaired) electrons. The second-order valence-electron chi connectivity index (χ2n) is 5.74. The van der Waals surface area contributed by atoms with Gasteiger partial charge in [0, 0.05) is 22.4 Å². The molecule has 0 saturated heterocycles. The van der Waals surface area contributed by atoms with E-state index in [0.29, 0.717) is 11.6 Å². The van der Waals surface area contributed by atoms with Gasteiger partial charge in [-0.05, 0) is 36.4 Å². The van der Waals surface area contributed by atoms with Gasteiger partial charge in [0.25, 0.3) is 0 Å². The number of hydrogen-bond donors (Lipinski definition) is 3. The zero-order valence-corrected chi connectivity index (χ0v) is 13.4. The van der Waals surface area contributed by atoms with Crippen LogP contribution in [-0.2, 0) is 0 Å². The minimum atomic E-state index is 0.684. The lowest BCUT2D eigenvalue weighted by Gasteiger charge is -2.09. The zero-order valence-electron chi connectivity index (χ0n) is 13.4. The van der Waals surface area contributed by atoms with E-state index in [9.17, 15) is 0 Å². The van der Waals surface area contributed by atoms with Crippen molar-refractivity contribution in [2.75, 3.05) is 12.4 Å². The third kappa shape index (κ3) is 2.17. The Morgan fingerprint density at radius 3 is 2.92 bits per heavy atom. The van der Waals surface area contributed by atoms with Crippen LogP contribution in [0.3, 0.4) is 0 Å². The SMILES string of the molecule is COc1ccc2nc(Nc3ccc4cc[nH]c4n3)c3[nH]ncc3c2c1. The van der Waals surface area contributed by atoms with Crippen molar-refractivity contribution in [1.82, 2.24) is 25.1 Å². The summed E-state index contributed by atoms with van der Waals surface area (Å²) in [5.41, 5.74) is 2.52. The van der Waals surface area contributed by atoms with Crippen molar-refractivity contribution in [2.24, 2.45) is 0 Å². The van der Waals surface area contributed by atoms with Gasteiger partial charge in [0.05, 0.1) is 18.8 Å². The number of methoxy groups -OCH3 is 1. The highest BCUT2D eigenvalue weighted by Crippen LogP contribution is 2.31. The highest BCUT2D eigenvalue weighted by atomic mass is 16.5. The predicted octanol–water partition coefficient (Wildman–Crippen LogP) is 3.74. The fourth-order valence-electron chi connectivity index (χ4n) is 3.01. The Kier molecular flexibility index (Phi) is 2.87. The molecule has 0 fully saturated rings. The van der Waals surface area contributed by atoms with Gasteiger partial charge in [0.15, 0.2) is 5.82 Å². The number of nitrogens with zero attached hydrogens (tertiary/aromatic N) is 3. The van der Waals surface area contributed by atoms with Gasteiger partial charge >= 0.3 is 0 Å². The number of anilines is 2. The van der Waals surface area contributed by atoms with Crippen LogP contribution in [-0.4, -0.2) is 32.3 Å². The van der Waals surface area contributed by atoms with Gasteiger partial charge in [0.2, 0.25) is 0 Å². The molecule has 7 nitrogen and oxygen atoms in total. The first-order valence-electron chi connectivity index (χ1n) is 7.84. The maximum atomic E-state index is 5.32. The Labute approximate surface area is 142 Å². The summed E-state index contributed by atoms with van der Waals surface area (Å²) in [6.45, 7) is 0. The first kappa shape index (κ1) is 13.8. The van der Waals surface area contributed by atoms with Crippen LogP contribution in [0, 0.1) is 0 Å². The van der Waals surface area contributed by atoms with E-state index in [0.717, 1.165) is 38.6 Å². The first-order chi connectivity index (χ1) is 12.3. The fraction of sp³-hybridized carbons (Fsp3) is 0.0556. The molecule has 4 heterocycles. The maximum Gasteiger partial charge on any atom is 0.158 e. The highest BCUT2D eigenvalue weighted by Gasteiger charge is 2.12. The van der Waals surface area contributed by atoms with E-state index in [1.165, 1.54) is 0 Å². The van der Waals surface area contributed by atoms with Gasteiger partial charge in [-0.25, -0.2) is 9.97 Å². The summed E-state index contributed by atoms with van der Waals surface area (Å²) in [6, 6.07) is 11.7. The smallest absolute Gasteiger partial charge is 0.158 e. The van der Waals surface area contributed by atoms with Gasteiger partial charge in [-0.3, -0.25) is 5.10 Å². The zero-order chi connectivity index (χ0) is 16.8. The molecule has 5 rings (SSSR count). The Balaban J connectivity index is 1.67. The van der Waals surface area contributed by atoms with Gasteiger partial charge in [-0.15, -0.1) is 0 Å². The molecule has 0 bridgehead atoms. The third-order valence-electron chi connectivity index (χ3n) is 4.26. The minimum Gasteiger partial charge on any atom is -0.497 e. The second-order valence-corrected chi connectivity index (χ2v) is 5.74. The normalized spacial score (nSPS) is 11.4. The van der Waals surface area contributed by atoms with E-state index < -0.39 is 0 Å². The van der Waals surface area contributed by atoms with Crippen LogP contribution in [0.15, 0.2) is 48.8 Å². The quantitative estimate of drug-likeness (QED) is 0.469. The number of aromatic amines is 2. The molecular formula is C18H14N6O. The van der Waals surface area contributed by atoms with Crippen LogP contribution in [0.1, 0.15) is 0 Å². The molecule has 3 N–H and O–H groups in total. The molecule has 5 aromatic rings. The van der Waals surface area contributed by atoms with Gasteiger partial charge < -0.3 is 15.0 Å². The largest absolute Gasteiger partial charge is 0.497 e. The minimum absolute atomic E-state index is 0.684. The molecule has 0 saturated carbocycles. The van der Waals surface area contributed by atoms with E-state index in [2.05, 4.69) is 25.5 Å². The lowest BCUT2D eigenvalue weighted by molar-refractivity contribution is 0.415. The van der Waals surface area contributed by atoms with Crippen molar-refractivity contribution < 1.29 is 4.74 Å². The van der Waals surface area contributed by atoms with Crippen molar-refractivity contribution >= 4 is 44.5 Å². The van der Waals surface area contributed by atoms with Crippen molar-refractivity contribution in [2.45, 2.75) is 0 Å². The molecular weight excluding hydrogens is 316 g/mol. The van der Waals surface area contributed by atoms with Gasteiger partial charge in [0.1, 0.15) is 22.7 Å². The van der Waals surface area contributed by atoms with Gasteiger partial charge in [-0.2, -0.15) is 5.10 Å². The number of rotatable bonds is 3. The van der Waals surface area contributed by atoms with E-state index in [1.807, 2.05) is 42.6 Å². The molecule has 122 valence electrons.